The number of nitrogens with zero attached hydrogens (tertiary/aromatic N) is 1. The van der Waals surface area contributed by atoms with Gasteiger partial charge in [0.2, 0.25) is 0 Å². The highest BCUT2D eigenvalue weighted by Gasteiger charge is 2.36. The standard InChI is InChI=1S/C24H26BrN3O4/c1-5-28-15(4)20(23(30)32-14(2)3)21(27-24(28)31)16-8-12-19(13-9-16)26-22(29)17-6-10-18(25)11-7-17/h6-14,21H,5H2,1-4H3,(H,26,29)(H,27,31). The van der Waals surface area contributed by atoms with E-state index in [9.17, 15) is 14.4 Å². The zero-order chi connectivity index (χ0) is 23.4. The second-order valence-corrected chi connectivity index (χ2v) is 8.58. The van der Waals surface area contributed by atoms with Crippen LogP contribution in [0.15, 0.2) is 64.3 Å². The Morgan fingerprint density at radius 3 is 2.31 bits per heavy atom. The number of urea groups is 1. The third kappa shape index (κ3) is 5.19. The molecule has 7 nitrogen and oxygen atoms in total. The molecule has 1 aliphatic heterocycles. The van der Waals surface area contributed by atoms with Gasteiger partial charge in [0, 0.05) is 28.0 Å². The molecule has 0 spiro atoms. The highest BCUT2D eigenvalue weighted by Crippen LogP contribution is 2.32. The number of allylic oxidation sites excluding steroid dienone is 1. The smallest absolute Gasteiger partial charge is 0.338 e. The van der Waals surface area contributed by atoms with Crippen LogP contribution in [0, 0.1) is 0 Å². The van der Waals surface area contributed by atoms with Crippen molar-refractivity contribution in [2.45, 2.75) is 39.8 Å². The van der Waals surface area contributed by atoms with Crippen LogP contribution in [0.2, 0.25) is 0 Å². The number of halogens is 1. The summed E-state index contributed by atoms with van der Waals surface area (Å²) in [5, 5.41) is 5.74. The minimum absolute atomic E-state index is 0.230. The van der Waals surface area contributed by atoms with E-state index in [1.807, 2.05) is 6.92 Å². The number of hydrogen-bond acceptors (Lipinski definition) is 4. The van der Waals surface area contributed by atoms with E-state index in [-0.39, 0.29) is 18.0 Å². The summed E-state index contributed by atoms with van der Waals surface area (Å²) in [5.41, 5.74) is 2.82. The summed E-state index contributed by atoms with van der Waals surface area (Å²) < 4.78 is 6.33. The lowest BCUT2D eigenvalue weighted by atomic mass is 9.94. The van der Waals surface area contributed by atoms with Gasteiger partial charge in [0.1, 0.15) is 0 Å². The lowest BCUT2D eigenvalue weighted by Gasteiger charge is -2.35. The van der Waals surface area contributed by atoms with Gasteiger partial charge in [0.15, 0.2) is 0 Å². The van der Waals surface area contributed by atoms with Gasteiger partial charge < -0.3 is 15.4 Å². The van der Waals surface area contributed by atoms with Crippen molar-refractivity contribution < 1.29 is 19.1 Å². The Balaban J connectivity index is 1.86. The van der Waals surface area contributed by atoms with E-state index < -0.39 is 12.0 Å². The van der Waals surface area contributed by atoms with Crippen molar-refractivity contribution in [3.05, 3.63) is 75.4 Å². The second-order valence-electron chi connectivity index (χ2n) is 7.66. The molecule has 2 aromatic rings. The number of amides is 3. The van der Waals surface area contributed by atoms with Crippen molar-refractivity contribution in [3.63, 3.8) is 0 Å². The highest BCUT2D eigenvalue weighted by atomic mass is 79.9. The number of anilines is 1. The van der Waals surface area contributed by atoms with Crippen molar-refractivity contribution in [3.8, 4) is 0 Å². The number of nitrogens with one attached hydrogen (secondary N) is 2. The monoisotopic (exact) mass is 499 g/mol. The number of rotatable bonds is 6. The average Bonchev–Trinajstić information content (AvgIpc) is 2.74. The van der Waals surface area contributed by atoms with Crippen LogP contribution in [0.1, 0.15) is 49.7 Å². The molecule has 0 saturated carbocycles. The van der Waals surface area contributed by atoms with Crippen LogP contribution in [0.5, 0.6) is 0 Å². The maximum absolute atomic E-state index is 12.8. The Bertz CT molecular complexity index is 1050. The minimum Gasteiger partial charge on any atom is -0.459 e. The van der Waals surface area contributed by atoms with Crippen LogP contribution < -0.4 is 10.6 Å². The van der Waals surface area contributed by atoms with Gasteiger partial charge >= 0.3 is 12.0 Å². The molecule has 32 heavy (non-hydrogen) atoms. The van der Waals surface area contributed by atoms with E-state index in [4.69, 9.17) is 4.74 Å². The zero-order valence-corrected chi connectivity index (χ0v) is 20.0. The molecule has 1 unspecified atom stereocenters. The van der Waals surface area contributed by atoms with Crippen LogP contribution in [0.3, 0.4) is 0 Å². The molecule has 3 rings (SSSR count). The van der Waals surface area contributed by atoms with Gasteiger partial charge in [0.25, 0.3) is 5.91 Å². The fourth-order valence-electron chi connectivity index (χ4n) is 3.52. The van der Waals surface area contributed by atoms with Crippen LogP contribution >= 0.6 is 15.9 Å². The summed E-state index contributed by atoms with van der Waals surface area (Å²) in [4.78, 5) is 39.4. The van der Waals surface area contributed by atoms with E-state index in [0.717, 1.165) is 4.47 Å². The molecule has 1 aliphatic rings. The number of carbonyl (C=O) groups excluding carboxylic acids is 3. The van der Waals surface area contributed by atoms with E-state index in [2.05, 4.69) is 26.6 Å². The quantitative estimate of drug-likeness (QED) is 0.546. The lowest BCUT2D eigenvalue weighted by molar-refractivity contribution is -0.143. The summed E-state index contributed by atoms with van der Waals surface area (Å²) in [6, 6.07) is 13.2. The zero-order valence-electron chi connectivity index (χ0n) is 18.4. The molecule has 3 amide bonds. The third-order valence-electron chi connectivity index (χ3n) is 5.08. The van der Waals surface area contributed by atoms with Crippen molar-refractivity contribution in [1.29, 1.82) is 0 Å². The Kier molecular flexibility index (Phi) is 7.35. The Labute approximate surface area is 195 Å². The first-order valence-electron chi connectivity index (χ1n) is 10.4. The van der Waals surface area contributed by atoms with Crippen molar-refractivity contribution >= 4 is 39.5 Å². The summed E-state index contributed by atoms with van der Waals surface area (Å²) in [7, 11) is 0. The van der Waals surface area contributed by atoms with Crippen molar-refractivity contribution in [2.75, 3.05) is 11.9 Å². The second kappa shape index (κ2) is 9.99. The van der Waals surface area contributed by atoms with Crippen LogP contribution in [0.4, 0.5) is 10.5 Å². The van der Waals surface area contributed by atoms with Crippen molar-refractivity contribution in [1.82, 2.24) is 10.2 Å². The van der Waals surface area contributed by atoms with Gasteiger partial charge in [-0.05, 0) is 69.7 Å². The molecular formula is C24H26BrN3O4. The highest BCUT2D eigenvalue weighted by molar-refractivity contribution is 9.10. The van der Waals surface area contributed by atoms with Gasteiger partial charge in [-0.1, -0.05) is 28.1 Å². The van der Waals surface area contributed by atoms with E-state index in [0.29, 0.717) is 34.6 Å². The largest absolute Gasteiger partial charge is 0.459 e. The molecule has 1 atom stereocenters. The molecule has 168 valence electrons. The molecule has 0 radical (unpaired) electrons. The summed E-state index contributed by atoms with van der Waals surface area (Å²) in [6.07, 6.45) is -0.285. The summed E-state index contributed by atoms with van der Waals surface area (Å²) >= 11 is 3.35. The number of benzene rings is 2. The van der Waals surface area contributed by atoms with Gasteiger partial charge in [0.05, 0.1) is 17.7 Å². The molecule has 0 aromatic heterocycles. The fourth-order valence-corrected chi connectivity index (χ4v) is 3.78. The van der Waals surface area contributed by atoms with Crippen LogP contribution in [-0.2, 0) is 9.53 Å². The molecule has 2 N–H and O–H groups in total. The molecule has 1 heterocycles. The molecule has 8 heteroatoms. The fraction of sp³-hybridized carbons (Fsp3) is 0.292. The number of hydrogen-bond donors (Lipinski definition) is 2. The predicted molar refractivity (Wildman–Crippen MR) is 126 cm³/mol. The minimum atomic E-state index is -0.646. The normalized spacial score (nSPS) is 16.1. The first kappa shape index (κ1) is 23.5. The van der Waals surface area contributed by atoms with E-state index >= 15 is 0 Å². The predicted octanol–water partition coefficient (Wildman–Crippen LogP) is 5.01. The SMILES string of the molecule is CCN1C(=O)NC(c2ccc(NC(=O)c3ccc(Br)cc3)cc2)C(C(=O)OC(C)C)=C1C. The summed E-state index contributed by atoms with van der Waals surface area (Å²) in [5.74, 6) is -0.694. The molecule has 0 saturated heterocycles. The molecule has 0 aliphatic carbocycles. The number of esters is 1. The van der Waals surface area contributed by atoms with Crippen LogP contribution in [0.25, 0.3) is 0 Å². The van der Waals surface area contributed by atoms with Gasteiger partial charge in [-0.25, -0.2) is 9.59 Å². The molecular weight excluding hydrogens is 474 g/mol. The van der Waals surface area contributed by atoms with Gasteiger partial charge in [-0.15, -0.1) is 0 Å². The Morgan fingerprint density at radius 2 is 1.75 bits per heavy atom. The van der Waals surface area contributed by atoms with E-state index in [1.165, 1.54) is 4.90 Å². The molecule has 2 aromatic carbocycles. The first-order chi connectivity index (χ1) is 15.2. The van der Waals surface area contributed by atoms with Crippen LogP contribution in [-0.4, -0.2) is 35.5 Å². The maximum Gasteiger partial charge on any atom is 0.338 e. The first-order valence-corrected chi connectivity index (χ1v) is 11.2. The van der Waals surface area contributed by atoms with Gasteiger partial charge in [-0.2, -0.15) is 0 Å². The van der Waals surface area contributed by atoms with Crippen molar-refractivity contribution in [2.24, 2.45) is 0 Å². The maximum atomic E-state index is 12.8. The number of ether oxygens (including phenoxy) is 1. The third-order valence-corrected chi connectivity index (χ3v) is 5.61. The lowest BCUT2D eigenvalue weighted by Crippen LogP contribution is -2.48. The summed E-state index contributed by atoms with van der Waals surface area (Å²) in [6.45, 7) is 7.59. The average molecular weight is 500 g/mol. The van der Waals surface area contributed by atoms with Gasteiger partial charge in [-0.3, -0.25) is 9.69 Å². The molecule has 0 bridgehead atoms. The number of carbonyl (C=O) groups is 3. The molecule has 0 fully saturated rings. The van der Waals surface area contributed by atoms with E-state index in [1.54, 1.807) is 69.3 Å². The Hall–Kier alpha value is -3.13. The Morgan fingerprint density at radius 1 is 1.12 bits per heavy atom. The topological polar surface area (TPSA) is 87.7 Å².